The van der Waals surface area contributed by atoms with Crippen LogP contribution in [0.4, 0.5) is 10.1 Å². The molecule has 1 N–H and O–H groups in total. The molecule has 108 valence electrons. The predicted molar refractivity (Wildman–Crippen MR) is 90.5 cm³/mol. The fourth-order valence-corrected chi connectivity index (χ4v) is 4.15. The molecule has 1 nitrogen and oxygen atoms in total. The first-order chi connectivity index (χ1) is 10.1. The minimum absolute atomic E-state index is 0.0240. The lowest BCUT2D eigenvalue weighted by Gasteiger charge is -2.17. The number of anilines is 1. The predicted octanol–water partition coefficient (Wildman–Crippen LogP) is 6.46. The van der Waals surface area contributed by atoms with Crippen LogP contribution in [0.1, 0.15) is 15.8 Å². The Morgan fingerprint density at radius 3 is 2.52 bits per heavy atom. The van der Waals surface area contributed by atoms with Crippen molar-refractivity contribution in [2.45, 2.75) is 6.04 Å². The summed E-state index contributed by atoms with van der Waals surface area (Å²) >= 11 is 15.1. The van der Waals surface area contributed by atoms with E-state index in [-0.39, 0.29) is 11.1 Å². The summed E-state index contributed by atoms with van der Waals surface area (Å²) in [7, 11) is 0. The SMILES string of the molecule is Fc1ccc(NC(c2cccs2)c2ccc(Cl)s2)cc1Cl. The van der Waals surface area contributed by atoms with Crippen LogP contribution in [0.25, 0.3) is 0 Å². The minimum atomic E-state index is -0.422. The van der Waals surface area contributed by atoms with E-state index in [9.17, 15) is 4.39 Å². The van der Waals surface area contributed by atoms with Gasteiger partial charge in [0, 0.05) is 15.4 Å². The van der Waals surface area contributed by atoms with E-state index >= 15 is 0 Å². The van der Waals surface area contributed by atoms with Crippen LogP contribution in [0.15, 0.2) is 47.8 Å². The number of thiophene rings is 2. The normalized spacial score (nSPS) is 12.3. The highest BCUT2D eigenvalue weighted by Gasteiger charge is 2.17. The Balaban J connectivity index is 1.94. The molecule has 0 spiro atoms. The molecule has 0 saturated heterocycles. The molecule has 21 heavy (non-hydrogen) atoms. The largest absolute Gasteiger partial charge is 0.373 e. The molecule has 0 radical (unpaired) electrons. The summed E-state index contributed by atoms with van der Waals surface area (Å²) in [6.07, 6.45) is 0. The Labute approximate surface area is 140 Å². The zero-order chi connectivity index (χ0) is 14.8. The molecule has 1 unspecified atom stereocenters. The summed E-state index contributed by atoms with van der Waals surface area (Å²) in [5.41, 5.74) is 0.768. The third-order valence-corrected chi connectivity index (χ3v) is 5.46. The number of halogens is 3. The van der Waals surface area contributed by atoms with Crippen molar-refractivity contribution < 1.29 is 4.39 Å². The van der Waals surface area contributed by atoms with Gasteiger partial charge in [0.2, 0.25) is 0 Å². The summed E-state index contributed by atoms with van der Waals surface area (Å²) in [6, 6.07) is 12.5. The number of benzene rings is 1. The van der Waals surface area contributed by atoms with Gasteiger partial charge >= 0.3 is 0 Å². The minimum Gasteiger partial charge on any atom is -0.373 e. The van der Waals surface area contributed by atoms with Crippen molar-refractivity contribution in [2.75, 3.05) is 5.32 Å². The van der Waals surface area contributed by atoms with Crippen LogP contribution < -0.4 is 5.32 Å². The van der Waals surface area contributed by atoms with Gasteiger partial charge in [0.25, 0.3) is 0 Å². The van der Waals surface area contributed by atoms with Crippen molar-refractivity contribution in [3.05, 3.63) is 72.8 Å². The van der Waals surface area contributed by atoms with Gasteiger partial charge < -0.3 is 5.32 Å². The third-order valence-electron chi connectivity index (χ3n) is 2.94. The average Bonchev–Trinajstić information content (AvgIpc) is 3.11. The quantitative estimate of drug-likeness (QED) is 0.565. The van der Waals surface area contributed by atoms with Crippen molar-refractivity contribution in [3.8, 4) is 0 Å². The van der Waals surface area contributed by atoms with Gasteiger partial charge in [-0.15, -0.1) is 22.7 Å². The molecule has 0 aliphatic carbocycles. The molecule has 0 saturated carbocycles. The molecule has 2 heterocycles. The molecule has 0 fully saturated rings. The maximum absolute atomic E-state index is 13.3. The number of hydrogen-bond donors (Lipinski definition) is 1. The van der Waals surface area contributed by atoms with E-state index in [0.29, 0.717) is 0 Å². The standard InChI is InChI=1S/C15H10Cl2FNS2/c16-10-8-9(3-4-11(10)18)19-15(12-2-1-7-20-12)13-5-6-14(17)21-13/h1-8,15,19H. The topological polar surface area (TPSA) is 12.0 Å². The Morgan fingerprint density at radius 2 is 1.90 bits per heavy atom. The van der Waals surface area contributed by atoms with E-state index in [1.54, 1.807) is 23.5 Å². The van der Waals surface area contributed by atoms with Gasteiger partial charge in [0.05, 0.1) is 15.4 Å². The van der Waals surface area contributed by atoms with Gasteiger partial charge in [-0.2, -0.15) is 0 Å². The smallest absolute Gasteiger partial charge is 0.141 e. The zero-order valence-corrected chi connectivity index (χ0v) is 13.8. The van der Waals surface area contributed by atoms with Crippen molar-refractivity contribution in [3.63, 3.8) is 0 Å². The van der Waals surface area contributed by atoms with Crippen LogP contribution in [0.2, 0.25) is 9.36 Å². The monoisotopic (exact) mass is 357 g/mol. The molecule has 2 aromatic heterocycles. The first-order valence-electron chi connectivity index (χ1n) is 6.14. The third kappa shape index (κ3) is 3.40. The van der Waals surface area contributed by atoms with Gasteiger partial charge in [-0.3, -0.25) is 0 Å². The molecule has 0 bridgehead atoms. The molecular formula is C15H10Cl2FNS2. The second-order valence-electron chi connectivity index (χ2n) is 4.36. The number of hydrogen-bond acceptors (Lipinski definition) is 3. The molecule has 0 amide bonds. The average molecular weight is 358 g/mol. The van der Waals surface area contributed by atoms with Gasteiger partial charge in [0.15, 0.2) is 0 Å². The van der Waals surface area contributed by atoms with Crippen LogP contribution in [0.3, 0.4) is 0 Å². The van der Waals surface area contributed by atoms with Gasteiger partial charge in [-0.05, 0) is 41.8 Å². The molecule has 0 aliphatic rings. The van der Waals surface area contributed by atoms with Crippen LogP contribution >= 0.6 is 45.9 Å². The van der Waals surface area contributed by atoms with Gasteiger partial charge in [-0.25, -0.2) is 4.39 Å². The Bertz CT molecular complexity index is 740. The summed E-state index contributed by atoms with van der Waals surface area (Å²) in [4.78, 5) is 2.26. The highest BCUT2D eigenvalue weighted by atomic mass is 35.5. The lowest BCUT2D eigenvalue weighted by molar-refractivity contribution is 0.628. The van der Waals surface area contributed by atoms with Crippen LogP contribution in [0.5, 0.6) is 0 Å². The zero-order valence-electron chi connectivity index (χ0n) is 10.6. The van der Waals surface area contributed by atoms with Crippen LogP contribution in [-0.4, -0.2) is 0 Å². The van der Waals surface area contributed by atoms with Crippen molar-refractivity contribution >= 4 is 51.6 Å². The fourth-order valence-electron chi connectivity index (χ4n) is 1.97. The van der Waals surface area contributed by atoms with Gasteiger partial charge in [-0.1, -0.05) is 29.3 Å². The van der Waals surface area contributed by atoms with Crippen LogP contribution in [-0.2, 0) is 0 Å². The highest BCUT2D eigenvalue weighted by Crippen LogP contribution is 2.36. The fraction of sp³-hybridized carbons (Fsp3) is 0.0667. The molecule has 1 atom stereocenters. The maximum Gasteiger partial charge on any atom is 0.141 e. The lowest BCUT2D eigenvalue weighted by Crippen LogP contribution is -2.09. The molecule has 3 rings (SSSR count). The highest BCUT2D eigenvalue weighted by molar-refractivity contribution is 7.16. The summed E-state index contributed by atoms with van der Waals surface area (Å²) in [5.74, 6) is -0.422. The molecule has 0 aliphatic heterocycles. The lowest BCUT2D eigenvalue weighted by atomic mass is 10.2. The second kappa shape index (κ2) is 6.36. The van der Waals surface area contributed by atoms with Gasteiger partial charge in [0.1, 0.15) is 5.82 Å². The Morgan fingerprint density at radius 1 is 1.05 bits per heavy atom. The first-order valence-corrected chi connectivity index (χ1v) is 8.59. The Hall–Kier alpha value is -1.07. The number of rotatable bonds is 4. The van der Waals surface area contributed by atoms with E-state index in [2.05, 4.69) is 11.4 Å². The number of nitrogens with one attached hydrogen (secondary N) is 1. The molecule has 1 aromatic carbocycles. The van der Waals surface area contributed by atoms with Crippen molar-refractivity contribution in [1.29, 1.82) is 0 Å². The summed E-state index contributed by atoms with van der Waals surface area (Å²) in [5, 5.41) is 5.52. The molecule has 3 aromatic rings. The van der Waals surface area contributed by atoms with E-state index in [4.69, 9.17) is 23.2 Å². The van der Waals surface area contributed by atoms with E-state index in [1.807, 2.05) is 23.6 Å². The van der Waals surface area contributed by atoms with E-state index < -0.39 is 5.82 Å². The molecule has 6 heteroatoms. The molecular weight excluding hydrogens is 348 g/mol. The second-order valence-corrected chi connectivity index (χ2v) is 7.50. The van der Waals surface area contributed by atoms with E-state index in [1.165, 1.54) is 17.4 Å². The first kappa shape index (κ1) is 14.9. The van der Waals surface area contributed by atoms with E-state index in [0.717, 1.165) is 19.8 Å². The Kier molecular flexibility index (Phi) is 4.50. The van der Waals surface area contributed by atoms with Crippen LogP contribution in [0, 0.1) is 5.82 Å². The van der Waals surface area contributed by atoms with Crippen molar-refractivity contribution in [1.82, 2.24) is 0 Å². The maximum atomic E-state index is 13.3. The summed E-state index contributed by atoms with van der Waals surface area (Å²) in [6.45, 7) is 0. The van der Waals surface area contributed by atoms with Crippen molar-refractivity contribution in [2.24, 2.45) is 0 Å². The summed E-state index contributed by atoms with van der Waals surface area (Å²) < 4.78 is 14.0.